The molecule has 0 radical (unpaired) electrons. The van der Waals surface area contributed by atoms with E-state index in [0.717, 1.165) is 39.1 Å². The first-order valence-electron chi connectivity index (χ1n) is 8.10. The third-order valence-electron chi connectivity index (χ3n) is 4.92. The van der Waals surface area contributed by atoms with Crippen molar-refractivity contribution in [1.82, 2.24) is 10.2 Å². The Bertz CT molecular complexity index is 447. The van der Waals surface area contributed by atoms with E-state index in [1.165, 1.54) is 27.9 Å². The van der Waals surface area contributed by atoms with Crippen LogP contribution in [0.15, 0.2) is 15.9 Å². The number of hydrogen-bond donors (Lipinski definition) is 2. The number of aliphatic hydroxyl groups excluding tert-OH is 1. The summed E-state index contributed by atoms with van der Waals surface area (Å²) in [6.45, 7) is 5.54. The number of hydrogen-bond acceptors (Lipinski definition) is 4. The van der Waals surface area contributed by atoms with Crippen LogP contribution in [-0.2, 0) is 0 Å². The van der Waals surface area contributed by atoms with Gasteiger partial charge in [0.2, 0.25) is 0 Å². The highest BCUT2D eigenvalue weighted by Gasteiger charge is 2.33. The first kappa shape index (κ1) is 15.9. The van der Waals surface area contributed by atoms with Crippen LogP contribution in [-0.4, -0.2) is 48.8 Å². The molecule has 1 saturated heterocycles. The lowest BCUT2D eigenvalue weighted by atomic mass is 9.77. The Morgan fingerprint density at radius 1 is 1.29 bits per heavy atom. The normalized spacial score (nSPS) is 29.4. The lowest BCUT2D eigenvalue weighted by Gasteiger charge is -2.38. The van der Waals surface area contributed by atoms with Gasteiger partial charge in [-0.05, 0) is 46.8 Å². The van der Waals surface area contributed by atoms with Crippen LogP contribution in [0.2, 0.25) is 0 Å². The topological polar surface area (TPSA) is 35.5 Å². The molecule has 1 aromatic rings. The van der Waals surface area contributed by atoms with Crippen molar-refractivity contribution in [3.63, 3.8) is 0 Å². The molecule has 2 fully saturated rings. The number of aliphatic hydroxyl groups is 1. The minimum absolute atomic E-state index is 0.118. The largest absolute Gasteiger partial charge is 0.393 e. The summed E-state index contributed by atoms with van der Waals surface area (Å²) in [5.41, 5.74) is 0. The first-order chi connectivity index (χ1) is 10.2. The monoisotopic (exact) mass is 372 g/mol. The van der Waals surface area contributed by atoms with E-state index in [-0.39, 0.29) is 6.10 Å². The molecular formula is C16H25BrN2OS. The van der Waals surface area contributed by atoms with Gasteiger partial charge in [0.25, 0.3) is 0 Å². The standard InChI is InChI=1S/C16H25BrN2OS/c17-16-6-5-15(21-16)13(11-19-9-7-18-8-10-19)12-3-1-2-4-14(12)20/h5-6,12-14,18,20H,1-4,7-11H2. The molecule has 2 N–H and O–H groups in total. The van der Waals surface area contributed by atoms with E-state index >= 15 is 0 Å². The molecule has 1 aliphatic carbocycles. The summed E-state index contributed by atoms with van der Waals surface area (Å²) >= 11 is 5.44. The van der Waals surface area contributed by atoms with E-state index in [1.807, 2.05) is 11.3 Å². The lowest BCUT2D eigenvalue weighted by Crippen LogP contribution is -2.46. The molecule has 0 bridgehead atoms. The minimum Gasteiger partial charge on any atom is -0.393 e. The third-order valence-corrected chi connectivity index (χ3v) is 6.68. The van der Waals surface area contributed by atoms with E-state index in [2.05, 4.69) is 38.3 Å². The van der Waals surface area contributed by atoms with Gasteiger partial charge in [-0.2, -0.15) is 0 Å². The summed E-state index contributed by atoms with van der Waals surface area (Å²) in [7, 11) is 0. The van der Waals surface area contributed by atoms with Crippen molar-refractivity contribution in [1.29, 1.82) is 0 Å². The summed E-state index contributed by atoms with van der Waals surface area (Å²) in [4.78, 5) is 4.00. The summed E-state index contributed by atoms with van der Waals surface area (Å²) in [5.74, 6) is 0.911. The molecule has 3 unspecified atom stereocenters. The molecule has 5 heteroatoms. The van der Waals surface area contributed by atoms with Crippen LogP contribution in [0.4, 0.5) is 0 Å². The smallest absolute Gasteiger partial charge is 0.0701 e. The molecule has 2 aliphatic rings. The number of nitrogens with one attached hydrogen (secondary N) is 1. The van der Waals surface area contributed by atoms with Crippen LogP contribution in [0.3, 0.4) is 0 Å². The summed E-state index contributed by atoms with van der Waals surface area (Å²) < 4.78 is 1.20. The highest BCUT2D eigenvalue weighted by molar-refractivity contribution is 9.11. The van der Waals surface area contributed by atoms with Crippen LogP contribution in [0.1, 0.15) is 36.5 Å². The van der Waals surface area contributed by atoms with Gasteiger partial charge < -0.3 is 15.3 Å². The Labute approximate surface area is 139 Å². The molecule has 0 amide bonds. The number of piperazine rings is 1. The van der Waals surface area contributed by atoms with Gasteiger partial charge >= 0.3 is 0 Å². The predicted octanol–water partition coefficient (Wildman–Crippen LogP) is 3.05. The zero-order chi connectivity index (χ0) is 14.7. The van der Waals surface area contributed by atoms with Crippen LogP contribution in [0.25, 0.3) is 0 Å². The average Bonchev–Trinajstić information content (AvgIpc) is 2.93. The Kier molecular flexibility index (Phi) is 5.73. The number of halogens is 1. The molecule has 0 spiro atoms. The van der Waals surface area contributed by atoms with Gasteiger partial charge in [-0.25, -0.2) is 0 Å². The van der Waals surface area contributed by atoms with Crippen molar-refractivity contribution < 1.29 is 5.11 Å². The van der Waals surface area contributed by atoms with Gasteiger partial charge in [0, 0.05) is 43.5 Å². The van der Waals surface area contributed by atoms with Gasteiger partial charge in [0.15, 0.2) is 0 Å². The molecule has 0 aromatic carbocycles. The van der Waals surface area contributed by atoms with Gasteiger partial charge in [-0.3, -0.25) is 0 Å². The van der Waals surface area contributed by atoms with Crippen molar-refractivity contribution in [2.24, 2.45) is 5.92 Å². The molecule has 1 aliphatic heterocycles. The van der Waals surface area contributed by atoms with E-state index in [9.17, 15) is 5.11 Å². The first-order valence-corrected chi connectivity index (χ1v) is 9.71. The number of nitrogens with zero attached hydrogens (tertiary/aromatic N) is 1. The fraction of sp³-hybridized carbons (Fsp3) is 0.750. The zero-order valence-corrected chi connectivity index (χ0v) is 14.8. The van der Waals surface area contributed by atoms with Crippen molar-refractivity contribution in [2.75, 3.05) is 32.7 Å². The summed E-state index contributed by atoms with van der Waals surface area (Å²) in [6.07, 6.45) is 4.49. The van der Waals surface area contributed by atoms with E-state index in [0.29, 0.717) is 11.8 Å². The van der Waals surface area contributed by atoms with Crippen LogP contribution >= 0.6 is 27.3 Å². The van der Waals surface area contributed by atoms with E-state index in [1.54, 1.807) is 0 Å². The molecule has 3 atom stereocenters. The van der Waals surface area contributed by atoms with Crippen LogP contribution in [0.5, 0.6) is 0 Å². The maximum atomic E-state index is 10.5. The number of thiophene rings is 1. The quantitative estimate of drug-likeness (QED) is 0.852. The van der Waals surface area contributed by atoms with Gasteiger partial charge in [0.05, 0.1) is 9.89 Å². The molecular weight excluding hydrogens is 348 g/mol. The van der Waals surface area contributed by atoms with Crippen molar-refractivity contribution in [3.05, 3.63) is 20.8 Å². The Morgan fingerprint density at radius 2 is 2.05 bits per heavy atom. The Balaban J connectivity index is 1.76. The molecule has 3 rings (SSSR count). The number of rotatable bonds is 4. The van der Waals surface area contributed by atoms with Gasteiger partial charge in [0.1, 0.15) is 0 Å². The third kappa shape index (κ3) is 4.08. The SMILES string of the molecule is OC1CCCCC1C(CN1CCNCC1)c1ccc(Br)s1. The van der Waals surface area contributed by atoms with Crippen molar-refractivity contribution in [2.45, 2.75) is 37.7 Å². The highest BCUT2D eigenvalue weighted by Crippen LogP contribution is 2.40. The maximum absolute atomic E-state index is 10.5. The molecule has 118 valence electrons. The molecule has 1 saturated carbocycles. The Morgan fingerprint density at radius 3 is 2.71 bits per heavy atom. The Hall–Kier alpha value is 0.0600. The summed E-state index contributed by atoms with van der Waals surface area (Å²) in [6, 6.07) is 4.41. The second-order valence-corrected chi connectivity index (χ2v) is 8.81. The van der Waals surface area contributed by atoms with E-state index in [4.69, 9.17) is 0 Å². The van der Waals surface area contributed by atoms with Crippen molar-refractivity contribution in [3.8, 4) is 0 Å². The van der Waals surface area contributed by atoms with Crippen LogP contribution in [0, 0.1) is 5.92 Å². The molecule has 1 aromatic heterocycles. The average molecular weight is 373 g/mol. The van der Waals surface area contributed by atoms with E-state index < -0.39 is 0 Å². The van der Waals surface area contributed by atoms with Crippen LogP contribution < -0.4 is 5.32 Å². The fourth-order valence-electron chi connectivity index (χ4n) is 3.75. The molecule has 2 heterocycles. The summed E-state index contributed by atoms with van der Waals surface area (Å²) in [5, 5.41) is 13.9. The van der Waals surface area contributed by atoms with Gasteiger partial charge in [-0.1, -0.05) is 12.8 Å². The van der Waals surface area contributed by atoms with Gasteiger partial charge in [-0.15, -0.1) is 11.3 Å². The minimum atomic E-state index is -0.118. The molecule has 21 heavy (non-hydrogen) atoms. The van der Waals surface area contributed by atoms with Crippen molar-refractivity contribution >= 4 is 27.3 Å². The molecule has 3 nitrogen and oxygen atoms in total. The zero-order valence-electron chi connectivity index (χ0n) is 12.4. The lowest BCUT2D eigenvalue weighted by molar-refractivity contribution is 0.0455. The second-order valence-electron chi connectivity index (χ2n) is 6.31. The highest BCUT2D eigenvalue weighted by atomic mass is 79.9. The maximum Gasteiger partial charge on any atom is 0.0701 e. The predicted molar refractivity (Wildman–Crippen MR) is 92.0 cm³/mol. The second kappa shape index (κ2) is 7.55. The fourth-order valence-corrected chi connectivity index (χ4v) is 5.34.